The van der Waals surface area contributed by atoms with Crippen LogP contribution in [0.3, 0.4) is 0 Å². The quantitative estimate of drug-likeness (QED) is 0.406. The molecular weight excluding hydrogens is 346 g/mol. The second-order valence-corrected chi connectivity index (χ2v) is 5.28. The molecule has 0 unspecified atom stereocenters. The Morgan fingerprint density at radius 2 is 1.96 bits per heavy atom. The lowest BCUT2D eigenvalue weighted by Gasteiger charge is -2.12. The molecule has 0 saturated carbocycles. The van der Waals surface area contributed by atoms with Crippen molar-refractivity contribution in [2.24, 2.45) is 0 Å². The van der Waals surface area contributed by atoms with Crippen molar-refractivity contribution >= 4 is 23.6 Å². The molecule has 10 nitrogen and oxygen atoms in total. The predicted octanol–water partition coefficient (Wildman–Crippen LogP) is 1.77. The molecule has 0 radical (unpaired) electrons. The molecule has 0 aliphatic heterocycles. The molecular formula is C16H21N3O7. The van der Waals surface area contributed by atoms with Crippen LogP contribution in [0.2, 0.25) is 0 Å². The van der Waals surface area contributed by atoms with Crippen LogP contribution in [0, 0.1) is 10.1 Å². The van der Waals surface area contributed by atoms with Gasteiger partial charge in [0.2, 0.25) is 0 Å². The van der Waals surface area contributed by atoms with Gasteiger partial charge >= 0.3 is 17.7 Å². The Kier molecular flexibility index (Phi) is 8.00. The Morgan fingerprint density at radius 3 is 2.54 bits per heavy atom. The Labute approximate surface area is 150 Å². The number of rotatable bonds is 8. The first-order valence-corrected chi connectivity index (χ1v) is 7.97. The van der Waals surface area contributed by atoms with Crippen molar-refractivity contribution in [3.8, 4) is 5.75 Å². The second-order valence-electron chi connectivity index (χ2n) is 5.28. The molecule has 0 fully saturated rings. The van der Waals surface area contributed by atoms with Gasteiger partial charge in [0.15, 0.2) is 12.4 Å². The highest BCUT2D eigenvalue weighted by Crippen LogP contribution is 2.28. The number of nitrogens with zero attached hydrogens (tertiary/aromatic N) is 1. The minimum Gasteiger partial charge on any atom is -0.487 e. The van der Waals surface area contributed by atoms with E-state index in [1.54, 1.807) is 13.8 Å². The molecule has 0 aliphatic rings. The fraction of sp³-hybridized carbons (Fsp3) is 0.438. The van der Waals surface area contributed by atoms with E-state index in [4.69, 9.17) is 9.47 Å². The van der Waals surface area contributed by atoms with Gasteiger partial charge in [-0.15, -0.1) is 0 Å². The van der Waals surface area contributed by atoms with Crippen molar-refractivity contribution in [2.75, 3.05) is 13.2 Å². The molecule has 0 aliphatic carbocycles. The average molecular weight is 367 g/mol. The van der Waals surface area contributed by atoms with Crippen LogP contribution in [0.25, 0.3) is 0 Å². The first-order valence-electron chi connectivity index (χ1n) is 7.97. The molecule has 0 heterocycles. The lowest BCUT2D eigenvalue weighted by atomic mass is 10.2. The summed E-state index contributed by atoms with van der Waals surface area (Å²) in [6.07, 6.45) is 0.688. The largest absolute Gasteiger partial charge is 0.487 e. The van der Waals surface area contributed by atoms with Crippen LogP contribution in [0.4, 0.5) is 10.5 Å². The van der Waals surface area contributed by atoms with Gasteiger partial charge in [-0.2, -0.15) is 0 Å². The number of carbonyl (C=O) groups is 3. The topological polar surface area (TPSA) is 137 Å². The molecule has 1 aromatic rings. The van der Waals surface area contributed by atoms with Gasteiger partial charge in [-0.25, -0.2) is 9.59 Å². The van der Waals surface area contributed by atoms with Crippen LogP contribution in [0.5, 0.6) is 5.75 Å². The van der Waals surface area contributed by atoms with E-state index in [1.807, 2.05) is 12.2 Å². The lowest BCUT2D eigenvalue weighted by Crippen LogP contribution is -2.44. The number of ether oxygens (including phenoxy) is 2. The third kappa shape index (κ3) is 6.38. The number of nitro benzene ring substituents is 1. The van der Waals surface area contributed by atoms with E-state index >= 15 is 0 Å². The highest BCUT2D eigenvalue weighted by Gasteiger charge is 2.20. The van der Waals surface area contributed by atoms with Crippen LogP contribution in [0.15, 0.2) is 18.2 Å². The van der Waals surface area contributed by atoms with Gasteiger partial charge in [0, 0.05) is 12.1 Å². The summed E-state index contributed by atoms with van der Waals surface area (Å²) in [4.78, 5) is 45.4. The van der Waals surface area contributed by atoms with E-state index in [1.165, 1.54) is 12.1 Å². The maximum Gasteiger partial charge on any atom is 0.338 e. The number of amides is 3. The van der Waals surface area contributed by atoms with E-state index < -0.39 is 35.1 Å². The fourth-order valence-electron chi connectivity index (χ4n) is 1.80. The van der Waals surface area contributed by atoms with Gasteiger partial charge in [0.25, 0.3) is 5.91 Å². The maximum absolute atomic E-state index is 11.9. The number of esters is 1. The Morgan fingerprint density at radius 1 is 1.27 bits per heavy atom. The Hall–Kier alpha value is -3.17. The van der Waals surface area contributed by atoms with Crippen LogP contribution >= 0.6 is 0 Å². The van der Waals surface area contributed by atoms with Crippen molar-refractivity contribution in [3.63, 3.8) is 0 Å². The highest BCUT2D eigenvalue weighted by atomic mass is 16.6. The Balaban J connectivity index is 2.65. The molecule has 0 saturated heterocycles. The van der Waals surface area contributed by atoms with Gasteiger partial charge in [-0.05, 0) is 32.4 Å². The lowest BCUT2D eigenvalue weighted by molar-refractivity contribution is -0.385. The van der Waals surface area contributed by atoms with Crippen molar-refractivity contribution in [3.05, 3.63) is 33.9 Å². The van der Waals surface area contributed by atoms with Crippen molar-refractivity contribution in [1.82, 2.24) is 10.6 Å². The molecule has 3 amide bonds. The van der Waals surface area contributed by atoms with Gasteiger partial charge in [-0.1, -0.05) is 6.92 Å². The van der Waals surface area contributed by atoms with E-state index in [0.717, 1.165) is 6.07 Å². The zero-order valence-electron chi connectivity index (χ0n) is 14.7. The van der Waals surface area contributed by atoms with Crippen molar-refractivity contribution in [2.45, 2.75) is 33.2 Å². The number of nitro groups is 1. The Bertz CT molecular complexity index is 690. The van der Waals surface area contributed by atoms with Crippen molar-refractivity contribution < 1.29 is 28.8 Å². The van der Waals surface area contributed by atoms with Crippen molar-refractivity contribution in [1.29, 1.82) is 0 Å². The number of nitrogens with one attached hydrogen (secondary N) is 2. The minimum atomic E-state index is -0.936. The summed E-state index contributed by atoms with van der Waals surface area (Å²) in [7, 11) is 0. The normalized spacial score (nSPS) is 11.2. The first kappa shape index (κ1) is 20.9. The maximum atomic E-state index is 11.9. The minimum absolute atomic E-state index is 0.0218. The number of hydrogen-bond acceptors (Lipinski definition) is 7. The third-order valence-electron chi connectivity index (χ3n) is 3.27. The zero-order valence-corrected chi connectivity index (χ0v) is 14.7. The van der Waals surface area contributed by atoms with Gasteiger partial charge in [0.1, 0.15) is 0 Å². The number of carbonyl (C=O) groups excluding carboxylic acids is 3. The number of imide groups is 1. The van der Waals surface area contributed by atoms with E-state index in [2.05, 4.69) is 5.32 Å². The third-order valence-corrected chi connectivity index (χ3v) is 3.27. The summed E-state index contributed by atoms with van der Waals surface area (Å²) in [6, 6.07) is 2.75. The molecule has 26 heavy (non-hydrogen) atoms. The summed E-state index contributed by atoms with van der Waals surface area (Å²) in [6.45, 7) is 4.83. The highest BCUT2D eigenvalue weighted by molar-refractivity contribution is 5.97. The molecule has 1 rings (SSSR count). The monoisotopic (exact) mass is 367 g/mol. The smallest absolute Gasteiger partial charge is 0.338 e. The summed E-state index contributed by atoms with van der Waals surface area (Å²) < 4.78 is 9.88. The standard InChI is InChI=1S/C16H21N3O7/c1-4-10(3)17-16(22)18-14(20)9-26-15(21)11-6-7-13(25-5-2)12(8-11)19(23)24/h6-8,10H,4-5,9H2,1-3H3,(H2,17,18,20,22)/t10-/m0/s1. The van der Waals surface area contributed by atoms with Crippen LogP contribution in [0.1, 0.15) is 37.6 Å². The first-order chi connectivity index (χ1) is 12.3. The zero-order chi connectivity index (χ0) is 19.7. The fourth-order valence-corrected chi connectivity index (χ4v) is 1.80. The number of hydrogen-bond donors (Lipinski definition) is 2. The number of benzene rings is 1. The molecule has 0 bridgehead atoms. The van der Waals surface area contributed by atoms with Gasteiger partial charge in [0.05, 0.1) is 17.1 Å². The molecule has 1 atom stereocenters. The van der Waals surface area contributed by atoms with E-state index in [0.29, 0.717) is 6.42 Å². The molecule has 142 valence electrons. The summed E-state index contributed by atoms with van der Waals surface area (Å²) in [5.41, 5.74) is -0.504. The van der Waals surface area contributed by atoms with Crippen LogP contribution in [-0.2, 0) is 9.53 Å². The summed E-state index contributed by atoms with van der Waals surface area (Å²) >= 11 is 0. The molecule has 0 aromatic heterocycles. The molecule has 1 aromatic carbocycles. The molecule has 10 heteroatoms. The van der Waals surface area contributed by atoms with E-state index in [9.17, 15) is 24.5 Å². The average Bonchev–Trinajstić information content (AvgIpc) is 2.59. The predicted molar refractivity (Wildman–Crippen MR) is 91.0 cm³/mol. The molecule has 2 N–H and O–H groups in total. The van der Waals surface area contributed by atoms with E-state index in [-0.39, 0.29) is 24.0 Å². The number of urea groups is 1. The summed E-state index contributed by atoms with van der Waals surface area (Å²) in [5.74, 6) is -1.73. The summed E-state index contributed by atoms with van der Waals surface area (Å²) in [5, 5.41) is 15.6. The van der Waals surface area contributed by atoms with Gasteiger partial charge < -0.3 is 14.8 Å². The van der Waals surface area contributed by atoms with Crippen LogP contribution in [-0.4, -0.2) is 42.1 Å². The van der Waals surface area contributed by atoms with Crippen LogP contribution < -0.4 is 15.4 Å². The SMILES string of the molecule is CCOc1ccc(C(=O)OCC(=O)NC(=O)N[C@@H](C)CC)cc1[N+](=O)[O-]. The van der Waals surface area contributed by atoms with Gasteiger partial charge in [-0.3, -0.25) is 20.2 Å². The second kappa shape index (κ2) is 9.97. The molecule has 0 spiro atoms.